The van der Waals surface area contributed by atoms with E-state index in [0.29, 0.717) is 99.4 Å². The summed E-state index contributed by atoms with van der Waals surface area (Å²) in [5, 5.41) is 170. The second kappa shape index (κ2) is 47.3. The molecule has 12 aromatic rings. The van der Waals surface area contributed by atoms with E-state index in [1.807, 2.05) is 27.7 Å². The van der Waals surface area contributed by atoms with Gasteiger partial charge in [-0.25, -0.2) is 76.2 Å². The lowest BCUT2D eigenvalue weighted by molar-refractivity contribution is -0.0629. The van der Waals surface area contributed by atoms with Gasteiger partial charge < -0.3 is 101 Å². The average Bonchev–Trinajstić information content (AvgIpc) is 1.56. The molecule has 776 valence electrons. The summed E-state index contributed by atoms with van der Waals surface area (Å²) in [6, 6.07) is 12.4. The minimum absolute atomic E-state index is 0.0305. The van der Waals surface area contributed by atoms with Gasteiger partial charge in [0.25, 0.3) is 0 Å². The zero-order valence-electron chi connectivity index (χ0n) is 95.2. The lowest BCUT2D eigenvalue weighted by atomic mass is 10.1. The Hall–Kier alpha value is -9.52. The fraction of sp³-hybridized carbons (Fsp3) is 0.583. The molecule has 0 bridgehead atoms. The molecule has 8 aliphatic carbocycles. The van der Waals surface area contributed by atoms with E-state index in [0.717, 1.165) is 31.4 Å². The molecule has 16 N–H and O–H groups in total. The number of thioether (sulfide) groups is 4. The number of ether oxygens (including phenoxy) is 4. The summed E-state index contributed by atoms with van der Waals surface area (Å²) in [5.74, 6) is -0.310. The van der Waals surface area contributed by atoms with E-state index in [4.69, 9.17) is 46.0 Å². The summed E-state index contributed by atoms with van der Waals surface area (Å²) < 4.78 is 211. The van der Waals surface area contributed by atoms with Crippen LogP contribution in [0.1, 0.15) is 219 Å². The molecular formula is C96H124F4N24O16S4. The van der Waals surface area contributed by atoms with Gasteiger partial charge in [0.15, 0.2) is 88.6 Å². The molecule has 0 spiro atoms. The minimum Gasteiger partial charge on any atom is -0.394 e. The third-order valence-corrected chi connectivity index (χ3v) is 29.9. The maximum Gasteiger partial charge on any atom is 0.191 e. The molecule has 8 fully saturated rings. The van der Waals surface area contributed by atoms with Crippen LogP contribution in [0.3, 0.4) is 0 Å². The van der Waals surface area contributed by atoms with Crippen LogP contribution in [0.2, 0.25) is 0 Å². The minimum atomic E-state index is -3.37. The topological polar surface area (TPSA) is 554 Å². The van der Waals surface area contributed by atoms with Gasteiger partial charge in [0.05, 0.1) is 112 Å². The lowest BCUT2D eigenvalue weighted by Crippen LogP contribution is -2.33. The first-order valence-corrected chi connectivity index (χ1v) is 51.2. The van der Waals surface area contributed by atoms with E-state index < -0.39 is 228 Å². The number of fused-ring (bicyclic) bond motifs is 4. The van der Waals surface area contributed by atoms with Crippen LogP contribution in [0.5, 0.6) is 0 Å². The first-order chi connectivity index (χ1) is 75.4. The third-order valence-electron chi connectivity index (χ3n) is 25.7. The van der Waals surface area contributed by atoms with Crippen molar-refractivity contribution in [1.29, 1.82) is 0 Å². The van der Waals surface area contributed by atoms with Crippen LogP contribution >= 0.6 is 47.0 Å². The Morgan fingerprint density at radius 2 is 0.604 bits per heavy atom. The highest BCUT2D eigenvalue weighted by atomic mass is 32.2. The normalized spacial score (nSPS) is 31.1. The van der Waals surface area contributed by atoms with Crippen molar-refractivity contribution in [1.82, 2.24) is 99.8 Å². The molecule has 20 rings (SSSR count). The van der Waals surface area contributed by atoms with E-state index >= 15 is 0 Å². The Morgan fingerprint density at radius 1 is 0.347 bits per heavy atom. The Labute approximate surface area is 866 Å². The first-order valence-electron chi connectivity index (χ1n) is 55.3. The van der Waals surface area contributed by atoms with Crippen molar-refractivity contribution in [3.05, 3.63) is 141 Å². The highest BCUT2D eigenvalue weighted by Gasteiger charge is 2.51. The van der Waals surface area contributed by atoms with Gasteiger partial charge >= 0.3 is 0 Å². The van der Waals surface area contributed by atoms with E-state index in [9.17, 15) is 73.7 Å². The van der Waals surface area contributed by atoms with Crippen LogP contribution in [0.4, 0.5) is 40.8 Å². The van der Waals surface area contributed by atoms with Crippen LogP contribution in [-0.2, 0) is 18.9 Å². The van der Waals surface area contributed by atoms with Gasteiger partial charge in [-0.1, -0.05) is 144 Å². The fourth-order valence-electron chi connectivity index (χ4n) is 17.6. The first kappa shape index (κ1) is 86.5. The quantitative estimate of drug-likeness (QED) is 0.00969. The summed E-state index contributed by atoms with van der Waals surface area (Å²) in [4.78, 5) is 36.6. The molecule has 48 heteroatoms. The van der Waals surface area contributed by atoms with Crippen LogP contribution in [0.15, 0.2) is 93.4 Å². The van der Waals surface area contributed by atoms with Crippen LogP contribution < -0.4 is 21.3 Å². The molecule has 8 aromatic heterocycles. The number of aliphatic hydroxyl groups excluding tert-OH is 10. The van der Waals surface area contributed by atoms with Crippen molar-refractivity contribution in [2.24, 2.45) is 0 Å². The van der Waals surface area contributed by atoms with Crippen LogP contribution in [0.25, 0.3) is 44.7 Å². The van der Waals surface area contributed by atoms with Gasteiger partial charge in [0, 0.05) is 107 Å². The van der Waals surface area contributed by atoms with Gasteiger partial charge in [0.1, 0.15) is 72.1 Å². The van der Waals surface area contributed by atoms with E-state index in [2.05, 4.69) is 102 Å². The molecule has 40 nitrogen and oxygen atoms in total. The standard InChI is InChI=1S/4C24H31FN6O4S/c4*1-3-8-36-24-27-22(26-16-10-14(16)13-5-4-12(2)15(25)9-13)19-23(28-24)31(30-29-19)17-11-18(35-7-6-32)21(34)20(17)33/h4*4-5,9,14,16-18,20-21,32-34H,3,6-8,10-11H2,1-2H3,(H,26,27,28)/t4*14-,16+,17+,18-,20-,21+/m0000/s1/i6D2,7D2,10D2;7D2,10D2;6D2,10D2;10D2. The Kier molecular flexibility index (Phi) is 28.4. The van der Waals surface area contributed by atoms with Crippen LogP contribution in [-0.4, -0.2) is 334 Å². The number of aromatic nitrogens is 20. The molecule has 8 heterocycles. The summed E-state index contributed by atoms with van der Waals surface area (Å²) in [7, 11) is 0. The van der Waals surface area contributed by atoms with Crippen molar-refractivity contribution in [2.45, 2.75) is 298 Å². The second-order valence-corrected chi connectivity index (χ2v) is 40.1. The summed E-state index contributed by atoms with van der Waals surface area (Å²) >= 11 is 5.52. The fourth-order valence-corrected chi connectivity index (χ4v) is 20.3. The lowest BCUT2D eigenvalue weighted by Gasteiger charge is -2.17. The number of nitrogens with zero attached hydrogens (tertiary/aromatic N) is 20. The summed E-state index contributed by atoms with van der Waals surface area (Å²) in [5.41, 5.74) is 5.88. The number of hydrogen-bond acceptors (Lipinski definition) is 40. The van der Waals surface area contributed by atoms with Crippen molar-refractivity contribution >= 4 is 115 Å². The SMILES string of the molecule is [2H]C([2H])(CO)O[C@H]1C[C@@H](n2nnc3c(N[C@H]4[C@H](c5ccc(C)c(F)c5)C4([2H])[2H])nc(SCCC)nc32)[C@H](O)[C@@H]1O.[2H]C([2H])(O)CO[C@H]1C[C@@H](n2nnc3c(N[C@H]4[C@H](c5ccc(C)c(F)c5)C4([2H])[2H])nc(SCCC)nc32)[C@H](O)[C@@H]1O.[2H]C1([2H])[C@@H](Nc2nc(SCCC)nc3c2nnn3[C@@H]2C[C@H](OC([2H])([2H])C([2H])([2H])O)[C@@H](O)[C@H]2O)[C@@H]1c1ccc(C)c(F)c1.[2H]C1([2H])[C@@H](Nc2nc(SCCC)nc3c2nnn3[C@@H]2C[C@H](OCCO)[C@@H](O)[C@H]2O)[C@@H]1c1ccc(C)c(F)c1. The average molecular weight is 2090 g/mol. The number of nitrogens with one attached hydrogen (secondary N) is 4. The molecule has 0 aliphatic heterocycles. The summed E-state index contributed by atoms with van der Waals surface area (Å²) in [6.07, 6.45) is -18.6. The Morgan fingerprint density at radius 3 is 0.840 bits per heavy atom. The molecule has 0 amide bonds. The smallest absolute Gasteiger partial charge is 0.191 e. The largest absolute Gasteiger partial charge is 0.394 e. The molecule has 8 aliphatic rings. The van der Waals surface area contributed by atoms with Gasteiger partial charge in [0.2, 0.25) is 0 Å². The molecular weight excluding hydrogens is 1950 g/mol. The van der Waals surface area contributed by atoms with Crippen molar-refractivity contribution in [3.8, 4) is 0 Å². The van der Waals surface area contributed by atoms with Gasteiger partial charge in [-0.05, 0) is 148 Å². The number of aryl methyl sites for hydroxylation is 4. The second-order valence-electron chi connectivity index (χ2n) is 35.8. The molecule has 4 aromatic carbocycles. The number of aliphatic hydroxyl groups is 12. The van der Waals surface area contributed by atoms with Gasteiger partial charge in [-0.2, -0.15) is 0 Å². The maximum absolute atomic E-state index is 14.3. The maximum atomic E-state index is 14.3. The molecule has 0 radical (unpaired) electrons. The van der Waals surface area contributed by atoms with Crippen molar-refractivity contribution in [3.63, 3.8) is 0 Å². The predicted molar refractivity (Wildman–Crippen MR) is 530 cm³/mol. The highest BCUT2D eigenvalue weighted by molar-refractivity contribution is 7.99. The van der Waals surface area contributed by atoms with Crippen LogP contribution in [0, 0.1) is 51.0 Å². The zero-order valence-corrected chi connectivity index (χ0v) is 82.5. The predicted octanol–water partition coefficient (Wildman–Crippen LogP) is 8.73. The summed E-state index contributed by atoms with van der Waals surface area (Å²) in [6.45, 7) is 1.25. The highest BCUT2D eigenvalue weighted by Crippen LogP contribution is 2.50. The number of rotatable bonds is 40. The molecule has 24 atom stereocenters. The number of benzene rings is 4. The van der Waals surface area contributed by atoms with Gasteiger partial charge in [-0.15, -0.1) is 20.4 Å². The van der Waals surface area contributed by atoms with E-state index in [1.54, 1.807) is 76.2 Å². The molecule has 8 saturated carbocycles. The Balaban J connectivity index is 0.000000143. The zero-order chi connectivity index (χ0) is 116. The number of halogens is 4. The monoisotopic (exact) mass is 2090 g/mol. The molecule has 144 heavy (non-hydrogen) atoms. The number of hydrogen-bond donors (Lipinski definition) is 16. The number of anilines is 4. The Bertz CT molecular complexity index is 7250. The van der Waals surface area contributed by atoms with E-state index in [1.165, 1.54) is 90.0 Å². The van der Waals surface area contributed by atoms with E-state index in [-0.39, 0.29) is 95.7 Å². The van der Waals surface area contributed by atoms with Gasteiger partial charge in [-0.3, -0.25) is 0 Å². The third kappa shape index (κ3) is 23.8. The molecule has 0 saturated heterocycles. The van der Waals surface area contributed by atoms with Crippen molar-refractivity contribution < 1.29 is 120 Å². The van der Waals surface area contributed by atoms with Crippen molar-refractivity contribution in [2.75, 3.05) is 96.9 Å². The molecule has 0 unspecified atom stereocenters.